The lowest BCUT2D eigenvalue weighted by Crippen LogP contribution is -2.28. The van der Waals surface area contributed by atoms with E-state index in [4.69, 9.17) is 5.84 Å². The van der Waals surface area contributed by atoms with Gasteiger partial charge in [-0.15, -0.1) is 0 Å². The zero-order valence-electron chi connectivity index (χ0n) is 13.0. The minimum absolute atomic E-state index is 0.141. The summed E-state index contributed by atoms with van der Waals surface area (Å²) in [5.74, 6) is 5.77. The monoisotopic (exact) mass is 285 g/mol. The molecule has 2 aromatic rings. The lowest BCUT2D eigenvalue weighted by Gasteiger charge is -2.17. The molecule has 0 spiro atoms. The Bertz CT molecular complexity index is 533. The Hall–Kier alpha value is -1.45. The number of hydrogen-bond acceptors (Lipinski definition) is 3. The first-order valence-electron chi connectivity index (χ1n) is 8.16. The van der Waals surface area contributed by atoms with Crippen molar-refractivity contribution in [2.24, 2.45) is 5.84 Å². The van der Waals surface area contributed by atoms with Gasteiger partial charge in [-0.2, -0.15) is 0 Å². The number of nitrogens with zero attached hydrogens (tertiary/aromatic N) is 1. The van der Waals surface area contributed by atoms with Crippen LogP contribution in [0.4, 0.5) is 0 Å². The predicted molar refractivity (Wildman–Crippen MR) is 89.8 cm³/mol. The number of fused-ring (bicyclic) bond motifs is 1. The van der Waals surface area contributed by atoms with Crippen LogP contribution in [-0.2, 0) is 0 Å². The summed E-state index contributed by atoms with van der Waals surface area (Å²) in [7, 11) is 0. The first-order valence-corrected chi connectivity index (χ1v) is 8.16. The van der Waals surface area contributed by atoms with Gasteiger partial charge in [0.1, 0.15) is 0 Å². The van der Waals surface area contributed by atoms with E-state index in [9.17, 15) is 0 Å². The van der Waals surface area contributed by atoms with Crippen LogP contribution in [-0.4, -0.2) is 4.98 Å². The second-order valence-corrected chi connectivity index (χ2v) is 5.69. The van der Waals surface area contributed by atoms with Crippen molar-refractivity contribution in [3.05, 3.63) is 42.2 Å². The number of unbranched alkanes of at least 4 members (excludes halogenated alkanes) is 5. The van der Waals surface area contributed by atoms with E-state index < -0.39 is 0 Å². The molecule has 1 aromatic carbocycles. The minimum Gasteiger partial charge on any atom is -0.271 e. The van der Waals surface area contributed by atoms with Crippen LogP contribution < -0.4 is 11.3 Å². The summed E-state index contributed by atoms with van der Waals surface area (Å²) in [4.78, 5) is 4.56. The molecular weight excluding hydrogens is 258 g/mol. The number of hydrazine groups is 1. The number of rotatable bonds is 9. The minimum atomic E-state index is 0.141. The van der Waals surface area contributed by atoms with Crippen molar-refractivity contribution >= 4 is 10.8 Å². The molecule has 3 N–H and O–H groups in total. The summed E-state index contributed by atoms with van der Waals surface area (Å²) in [6.07, 6.45) is 10.7. The third-order valence-electron chi connectivity index (χ3n) is 4.08. The van der Waals surface area contributed by atoms with E-state index >= 15 is 0 Å². The molecule has 0 amide bonds. The molecule has 1 aromatic heterocycles. The average Bonchev–Trinajstić information content (AvgIpc) is 2.54. The Balaban J connectivity index is 1.96. The number of pyridine rings is 1. The topological polar surface area (TPSA) is 50.9 Å². The molecule has 114 valence electrons. The van der Waals surface area contributed by atoms with E-state index in [1.807, 2.05) is 6.20 Å². The molecule has 1 heterocycles. The summed E-state index contributed by atoms with van der Waals surface area (Å²) in [5.41, 5.74) is 4.02. The highest BCUT2D eigenvalue weighted by molar-refractivity contribution is 5.84. The van der Waals surface area contributed by atoms with Crippen LogP contribution in [0.2, 0.25) is 0 Å². The quantitative estimate of drug-likeness (QED) is 0.405. The number of nitrogens with two attached hydrogens (primary N) is 1. The fourth-order valence-corrected chi connectivity index (χ4v) is 2.85. The molecule has 3 heteroatoms. The zero-order chi connectivity index (χ0) is 14.9. The molecule has 1 atom stereocenters. The van der Waals surface area contributed by atoms with Crippen molar-refractivity contribution < 1.29 is 0 Å². The lowest BCUT2D eigenvalue weighted by atomic mass is 10.00. The Morgan fingerprint density at radius 3 is 2.62 bits per heavy atom. The van der Waals surface area contributed by atoms with Crippen LogP contribution in [0.3, 0.4) is 0 Å². The summed E-state index contributed by atoms with van der Waals surface area (Å²) >= 11 is 0. The van der Waals surface area contributed by atoms with E-state index in [1.54, 1.807) is 0 Å². The normalized spacial score (nSPS) is 12.7. The van der Waals surface area contributed by atoms with Gasteiger partial charge < -0.3 is 0 Å². The van der Waals surface area contributed by atoms with E-state index in [2.05, 4.69) is 47.7 Å². The van der Waals surface area contributed by atoms with Crippen LogP contribution in [0.1, 0.15) is 63.6 Å². The van der Waals surface area contributed by atoms with Gasteiger partial charge in [0.2, 0.25) is 0 Å². The van der Waals surface area contributed by atoms with Crippen molar-refractivity contribution in [3.8, 4) is 0 Å². The summed E-state index contributed by atoms with van der Waals surface area (Å²) in [6, 6.07) is 10.6. The molecule has 2 rings (SSSR count). The van der Waals surface area contributed by atoms with Gasteiger partial charge in [0.15, 0.2) is 0 Å². The fraction of sp³-hybridized carbons (Fsp3) is 0.500. The van der Waals surface area contributed by atoms with Crippen molar-refractivity contribution in [2.45, 2.75) is 57.9 Å². The summed E-state index contributed by atoms with van der Waals surface area (Å²) in [6.45, 7) is 2.25. The molecule has 0 saturated carbocycles. The van der Waals surface area contributed by atoms with Gasteiger partial charge in [0.05, 0.1) is 11.7 Å². The molecule has 0 fully saturated rings. The number of nitrogens with one attached hydrogen (secondary N) is 1. The zero-order valence-corrected chi connectivity index (χ0v) is 13.0. The van der Waals surface area contributed by atoms with Crippen molar-refractivity contribution in [3.63, 3.8) is 0 Å². The predicted octanol–water partition coefficient (Wildman–Crippen LogP) is 4.49. The number of benzene rings is 1. The van der Waals surface area contributed by atoms with Gasteiger partial charge >= 0.3 is 0 Å². The summed E-state index contributed by atoms with van der Waals surface area (Å²) in [5, 5.41) is 2.43. The maximum Gasteiger partial charge on any atom is 0.0664 e. The largest absolute Gasteiger partial charge is 0.271 e. The maximum atomic E-state index is 5.77. The Morgan fingerprint density at radius 1 is 1.05 bits per heavy atom. The maximum absolute atomic E-state index is 5.77. The van der Waals surface area contributed by atoms with Gasteiger partial charge in [-0.05, 0) is 17.9 Å². The van der Waals surface area contributed by atoms with Crippen molar-refractivity contribution in [1.29, 1.82) is 0 Å². The highest BCUT2D eigenvalue weighted by atomic mass is 15.2. The molecule has 0 aliphatic carbocycles. The van der Waals surface area contributed by atoms with Gasteiger partial charge in [0, 0.05) is 11.6 Å². The van der Waals surface area contributed by atoms with Crippen LogP contribution in [0.25, 0.3) is 10.8 Å². The van der Waals surface area contributed by atoms with Crippen LogP contribution in [0.15, 0.2) is 36.5 Å². The standard InChI is InChI=1S/C18H27N3/c1-2-3-4-5-6-7-12-17(21-19)18-16-11-9-8-10-15(16)13-14-20-18/h8-11,13-14,17,21H,2-7,12,19H2,1H3. The Kier molecular flexibility index (Phi) is 6.64. The molecule has 0 radical (unpaired) electrons. The molecular formula is C18H27N3. The number of aromatic nitrogens is 1. The SMILES string of the molecule is CCCCCCCCC(NN)c1nccc2ccccc12. The summed E-state index contributed by atoms with van der Waals surface area (Å²) < 4.78 is 0. The van der Waals surface area contributed by atoms with E-state index in [0.29, 0.717) is 0 Å². The molecule has 21 heavy (non-hydrogen) atoms. The fourth-order valence-electron chi connectivity index (χ4n) is 2.85. The Labute approximate surface area is 127 Å². The average molecular weight is 285 g/mol. The first-order chi connectivity index (χ1) is 10.4. The van der Waals surface area contributed by atoms with Gasteiger partial charge in [0.25, 0.3) is 0 Å². The van der Waals surface area contributed by atoms with Gasteiger partial charge in [-0.3, -0.25) is 16.3 Å². The highest BCUT2D eigenvalue weighted by Gasteiger charge is 2.13. The molecule has 0 aliphatic heterocycles. The third kappa shape index (κ3) is 4.51. The van der Waals surface area contributed by atoms with Crippen LogP contribution in [0.5, 0.6) is 0 Å². The smallest absolute Gasteiger partial charge is 0.0664 e. The second kappa shape index (κ2) is 8.75. The molecule has 0 bridgehead atoms. The van der Waals surface area contributed by atoms with Crippen LogP contribution in [0, 0.1) is 0 Å². The van der Waals surface area contributed by atoms with E-state index in [1.165, 1.54) is 49.3 Å². The molecule has 1 unspecified atom stereocenters. The Morgan fingerprint density at radius 2 is 1.81 bits per heavy atom. The number of hydrogen-bond donors (Lipinski definition) is 2. The van der Waals surface area contributed by atoms with Crippen molar-refractivity contribution in [2.75, 3.05) is 0 Å². The molecule has 3 nitrogen and oxygen atoms in total. The van der Waals surface area contributed by atoms with E-state index in [0.717, 1.165) is 12.1 Å². The lowest BCUT2D eigenvalue weighted by molar-refractivity contribution is 0.471. The first kappa shape index (κ1) is 15.9. The van der Waals surface area contributed by atoms with Crippen molar-refractivity contribution in [1.82, 2.24) is 10.4 Å². The van der Waals surface area contributed by atoms with Gasteiger partial charge in [-0.25, -0.2) is 0 Å². The van der Waals surface area contributed by atoms with E-state index in [-0.39, 0.29) is 6.04 Å². The molecule has 0 saturated heterocycles. The molecule has 0 aliphatic rings. The highest BCUT2D eigenvalue weighted by Crippen LogP contribution is 2.25. The second-order valence-electron chi connectivity index (χ2n) is 5.69. The van der Waals surface area contributed by atoms with Gasteiger partial charge in [-0.1, -0.05) is 69.7 Å². The van der Waals surface area contributed by atoms with Crippen LogP contribution >= 0.6 is 0 Å². The third-order valence-corrected chi connectivity index (χ3v) is 4.08.